The minimum atomic E-state index is -3.73. The van der Waals surface area contributed by atoms with Crippen LogP contribution in [-0.2, 0) is 16.6 Å². The fourth-order valence-corrected chi connectivity index (χ4v) is 4.25. The van der Waals surface area contributed by atoms with E-state index in [0.717, 1.165) is 14.8 Å². The Morgan fingerprint density at radius 2 is 1.71 bits per heavy atom. The lowest BCUT2D eigenvalue weighted by molar-refractivity contribution is 0.0865. The number of hydrogen-bond acceptors (Lipinski definition) is 4. The van der Waals surface area contributed by atoms with Gasteiger partial charge in [0.25, 0.3) is 15.9 Å². The van der Waals surface area contributed by atoms with Crippen LogP contribution in [0.1, 0.15) is 15.9 Å². The SMILES string of the molecule is CSc1ccc(CN2C(=O)c3ccccc3S2(=O)=O)cc1. The summed E-state index contributed by atoms with van der Waals surface area (Å²) in [5.41, 5.74) is 1.04. The zero-order chi connectivity index (χ0) is 15.0. The summed E-state index contributed by atoms with van der Waals surface area (Å²) < 4.78 is 25.8. The maximum atomic E-state index is 12.4. The van der Waals surface area contributed by atoms with Crippen LogP contribution in [0.5, 0.6) is 0 Å². The molecule has 0 saturated carbocycles. The molecule has 0 saturated heterocycles. The van der Waals surface area contributed by atoms with Crippen LogP contribution < -0.4 is 0 Å². The van der Waals surface area contributed by atoms with Gasteiger partial charge in [-0.3, -0.25) is 4.79 Å². The number of hydrogen-bond donors (Lipinski definition) is 0. The molecular weight excluding hydrogens is 306 g/mol. The minimum Gasteiger partial charge on any atom is -0.268 e. The fourth-order valence-electron chi connectivity index (χ4n) is 2.28. The highest BCUT2D eigenvalue weighted by Crippen LogP contribution is 2.31. The summed E-state index contributed by atoms with van der Waals surface area (Å²) in [4.78, 5) is 13.5. The molecule has 6 heteroatoms. The van der Waals surface area contributed by atoms with Crippen molar-refractivity contribution in [3.63, 3.8) is 0 Å². The standard InChI is InChI=1S/C15H13NO3S2/c1-20-12-8-6-11(7-9-12)10-16-15(17)13-4-2-3-5-14(13)21(16,18)19/h2-9H,10H2,1H3. The van der Waals surface area contributed by atoms with E-state index in [1.165, 1.54) is 6.07 Å². The van der Waals surface area contributed by atoms with Gasteiger partial charge in [-0.05, 0) is 36.1 Å². The summed E-state index contributed by atoms with van der Waals surface area (Å²) in [5, 5.41) is 0. The first-order chi connectivity index (χ1) is 10.0. The Morgan fingerprint density at radius 1 is 1.05 bits per heavy atom. The van der Waals surface area contributed by atoms with Gasteiger partial charge < -0.3 is 0 Å². The molecule has 0 fully saturated rings. The summed E-state index contributed by atoms with van der Waals surface area (Å²) in [6.45, 7) is 0.0600. The molecule has 1 aliphatic heterocycles. The Hall–Kier alpha value is -1.79. The summed E-state index contributed by atoms with van der Waals surface area (Å²) in [6, 6.07) is 13.8. The van der Waals surface area contributed by atoms with Crippen LogP contribution in [-0.4, -0.2) is 24.9 Å². The monoisotopic (exact) mass is 319 g/mol. The number of amides is 1. The van der Waals surface area contributed by atoms with E-state index in [0.29, 0.717) is 0 Å². The van der Waals surface area contributed by atoms with Crippen molar-refractivity contribution >= 4 is 27.7 Å². The van der Waals surface area contributed by atoms with Crippen LogP contribution in [0.2, 0.25) is 0 Å². The third-order valence-electron chi connectivity index (χ3n) is 3.40. The topological polar surface area (TPSA) is 54.5 Å². The van der Waals surface area contributed by atoms with E-state index in [4.69, 9.17) is 0 Å². The molecule has 0 unspecified atom stereocenters. The molecule has 2 aromatic carbocycles. The molecule has 1 aliphatic rings. The van der Waals surface area contributed by atoms with E-state index >= 15 is 0 Å². The van der Waals surface area contributed by atoms with Crippen molar-refractivity contribution in [1.29, 1.82) is 0 Å². The van der Waals surface area contributed by atoms with Crippen LogP contribution in [0, 0.1) is 0 Å². The van der Waals surface area contributed by atoms with Crippen molar-refractivity contribution in [3.05, 3.63) is 59.7 Å². The van der Waals surface area contributed by atoms with E-state index in [1.54, 1.807) is 30.0 Å². The van der Waals surface area contributed by atoms with Gasteiger partial charge in [-0.25, -0.2) is 12.7 Å². The number of fused-ring (bicyclic) bond motifs is 1. The lowest BCUT2D eigenvalue weighted by atomic mass is 10.2. The number of nitrogens with zero attached hydrogens (tertiary/aromatic N) is 1. The van der Waals surface area contributed by atoms with E-state index in [-0.39, 0.29) is 17.0 Å². The zero-order valence-corrected chi connectivity index (χ0v) is 12.9. The average Bonchev–Trinajstić information content (AvgIpc) is 2.70. The molecule has 0 aromatic heterocycles. The molecule has 1 heterocycles. The van der Waals surface area contributed by atoms with Crippen LogP contribution in [0.25, 0.3) is 0 Å². The van der Waals surface area contributed by atoms with Gasteiger partial charge in [0.2, 0.25) is 0 Å². The molecule has 3 rings (SSSR count). The Bertz CT molecular complexity index is 798. The molecule has 0 spiro atoms. The van der Waals surface area contributed by atoms with Crippen molar-refractivity contribution in [2.45, 2.75) is 16.3 Å². The summed E-state index contributed by atoms with van der Waals surface area (Å²) in [6.07, 6.45) is 1.97. The Labute approximate surface area is 127 Å². The predicted octanol–water partition coefficient (Wildman–Crippen LogP) is 2.75. The second kappa shape index (κ2) is 5.20. The highest BCUT2D eigenvalue weighted by Gasteiger charge is 2.40. The lowest BCUT2D eigenvalue weighted by Gasteiger charge is -2.15. The van der Waals surface area contributed by atoms with Crippen LogP contribution in [0.4, 0.5) is 0 Å². The second-order valence-corrected chi connectivity index (χ2v) is 7.37. The van der Waals surface area contributed by atoms with Crippen molar-refractivity contribution in [2.75, 3.05) is 6.26 Å². The van der Waals surface area contributed by atoms with Gasteiger partial charge >= 0.3 is 0 Å². The van der Waals surface area contributed by atoms with Gasteiger partial charge in [0.05, 0.1) is 12.1 Å². The average molecular weight is 319 g/mol. The largest absolute Gasteiger partial charge is 0.269 e. The Kier molecular flexibility index (Phi) is 3.51. The number of benzene rings is 2. The van der Waals surface area contributed by atoms with E-state index in [1.807, 2.05) is 30.5 Å². The van der Waals surface area contributed by atoms with Gasteiger partial charge in [0, 0.05) is 4.90 Å². The van der Waals surface area contributed by atoms with Gasteiger partial charge in [0.1, 0.15) is 4.90 Å². The van der Waals surface area contributed by atoms with Crippen LogP contribution in [0.3, 0.4) is 0 Å². The van der Waals surface area contributed by atoms with Crippen molar-refractivity contribution < 1.29 is 13.2 Å². The minimum absolute atomic E-state index is 0.0600. The van der Waals surface area contributed by atoms with E-state index < -0.39 is 15.9 Å². The van der Waals surface area contributed by atoms with Crippen molar-refractivity contribution in [2.24, 2.45) is 0 Å². The lowest BCUT2D eigenvalue weighted by Crippen LogP contribution is -2.29. The first kappa shape index (κ1) is 14.2. The molecule has 0 bridgehead atoms. The maximum Gasteiger partial charge on any atom is 0.269 e. The second-order valence-electron chi connectivity index (χ2n) is 4.66. The first-order valence-electron chi connectivity index (χ1n) is 6.33. The summed E-state index contributed by atoms with van der Waals surface area (Å²) in [5.74, 6) is -0.459. The molecule has 4 nitrogen and oxygen atoms in total. The third-order valence-corrected chi connectivity index (χ3v) is 5.93. The number of sulfonamides is 1. The number of rotatable bonds is 3. The highest BCUT2D eigenvalue weighted by atomic mass is 32.2. The Morgan fingerprint density at radius 3 is 2.33 bits per heavy atom. The summed E-state index contributed by atoms with van der Waals surface area (Å²) >= 11 is 1.61. The van der Waals surface area contributed by atoms with Gasteiger partial charge in [-0.2, -0.15) is 0 Å². The molecule has 2 aromatic rings. The first-order valence-corrected chi connectivity index (χ1v) is 8.99. The van der Waals surface area contributed by atoms with Gasteiger partial charge in [-0.1, -0.05) is 24.3 Å². The molecule has 1 amide bonds. The van der Waals surface area contributed by atoms with Crippen molar-refractivity contribution in [1.82, 2.24) is 4.31 Å². The van der Waals surface area contributed by atoms with Gasteiger partial charge in [-0.15, -0.1) is 11.8 Å². The molecule has 108 valence electrons. The molecule has 21 heavy (non-hydrogen) atoms. The molecule has 0 atom stereocenters. The third kappa shape index (κ3) is 2.34. The number of thioether (sulfide) groups is 1. The predicted molar refractivity (Wildman–Crippen MR) is 81.7 cm³/mol. The smallest absolute Gasteiger partial charge is 0.268 e. The molecular formula is C15H13NO3S2. The van der Waals surface area contributed by atoms with Crippen LogP contribution >= 0.6 is 11.8 Å². The molecule has 0 aliphatic carbocycles. The normalized spacial score (nSPS) is 16.0. The maximum absolute atomic E-state index is 12.4. The quantitative estimate of drug-likeness (QED) is 0.816. The number of carbonyl (C=O) groups excluding carboxylic acids is 1. The molecule has 0 N–H and O–H groups in total. The Balaban J connectivity index is 1.95. The van der Waals surface area contributed by atoms with Crippen molar-refractivity contribution in [3.8, 4) is 0 Å². The number of carbonyl (C=O) groups is 1. The van der Waals surface area contributed by atoms with E-state index in [9.17, 15) is 13.2 Å². The fraction of sp³-hybridized carbons (Fsp3) is 0.133. The summed E-state index contributed by atoms with van der Waals surface area (Å²) in [7, 11) is -3.73. The molecule has 0 radical (unpaired) electrons. The van der Waals surface area contributed by atoms with Gasteiger partial charge in [0.15, 0.2) is 0 Å². The zero-order valence-electron chi connectivity index (χ0n) is 11.3. The van der Waals surface area contributed by atoms with E-state index in [2.05, 4.69) is 0 Å². The highest BCUT2D eigenvalue weighted by molar-refractivity contribution is 7.98. The van der Waals surface area contributed by atoms with Crippen LogP contribution in [0.15, 0.2) is 58.3 Å².